The average molecular weight is 683 g/mol. The van der Waals surface area contributed by atoms with Gasteiger partial charge in [0.2, 0.25) is 0 Å². The van der Waals surface area contributed by atoms with Crippen molar-refractivity contribution in [3.8, 4) is 0 Å². The number of nitrogens with one attached hydrogen (secondary N) is 3. The van der Waals surface area contributed by atoms with Crippen LogP contribution in [0.15, 0.2) is 111 Å². The molecule has 3 aromatic rings. The van der Waals surface area contributed by atoms with Crippen molar-refractivity contribution >= 4 is 52.8 Å². The number of carbonyl (C=O) groups is 4. The lowest BCUT2D eigenvalue weighted by atomic mass is 9.97. The molecule has 0 spiro atoms. The van der Waals surface area contributed by atoms with E-state index in [2.05, 4.69) is 15.6 Å². The molecule has 10 nitrogen and oxygen atoms in total. The minimum atomic E-state index is -0.946. The first-order chi connectivity index (χ1) is 24.4. The molecule has 2 amide bonds. The summed E-state index contributed by atoms with van der Waals surface area (Å²) in [4.78, 5) is 57.6. The maximum absolute atomic E-state index is 13.0. The molecule has 0 atom stereocenters. The Kier molecular flexibility index (Phi) is 9.68. The number of H-pyrrole nitrogens is 1. The number of carbonyl (C=O) groups excluding carboxylic acids is 2. The van der Waals surface area contributed by atoms with Gasteiger partial charge in [-0.05, 0) is 97.7 Å². The zero-order valence-corrected chi connectivity index (χ0v) is 28.8. The summed E-state index contributed by atoms with van der Waals surface area (Å²) in [5, 5.41) is 25.1. The smallest absolute Gasteiger partial charge is 0.303 e. The predicted molar refractivity (Wildman–Crippen MR) is 197 cm³/mol. The predicted octanol–water partition coefficient (Wildman–Crippen LogP) is 6.75. The molecule has 0 saturated carbocycles. The second kappa shape index (κ2) is 14.3. The number of amides is 2. The van der Waals surface area contributed by atoms with Gasteiger partial charge in [0.05, 0.1) is 22.7 Å². The van der Waals surface area contributed by atoms with Gasteiger partial charge >= 0.3 is 11.9 Å². The average Bonchev–Trinajstić information content (AvgIpc) is 3.75. The molecule has 0 saturated heterocycles. The van der Waals surface area contributed by atoms with Crippen LogP contribution in [-0.2, 0) is 25.6 Å². The maximum atomic E-state index is 13.0. The minimum absolute atomic E-state index is 0.105. The lowest BCUT2D eigenvalue weighted by Crippen LogP contribution is -2.16. The highest BCUT2D eigenvalue weighted by atomic mass is 16.4. The van der Waals surface area contributed by atoms with E-state index in [4.69, 9.17) is 4.99 Å². The summed E-state index contributed by atoms with van der Waals surface area (Å²) in [5.74, 6) is -2.29. The first-order valence-electron chi connectivity index (χ1n) is 16.7. The molecule has 10 heteroatoms. The van der Waals surface area contributed by atoms with Crippen LogP contribution in [0.1, 0.15) is 73.7 Å². The fourth-order valence-electron chi connectivity index (χ4n) is 6.71. The molecular weight excluding hydrogens is 644 g/mol. The number of allylic oxidation sites excluding steroid dienone is 5. The fourth-order valence-corrected chi connectivity index (χ4v) is 6.71. The van der Waals surface area contributed by atoms with Crippen LogP contribution in [-0.4, -0.2) is 44.7 Å². The van der Waals surface area contributed by atoms with Crippen LogP contribution in [0.4, 0.5) is 0 Å². The summed E-state index contributed by atoms with van der Waals surface area (Å²) in [5.41, 5.74) is 11.2. The molecule has 6 rings (SSSR count). The summed E-state index contributed by atoms with van der Waals surface area (Å²) >= 11 is 0. The van der Waals surface area contributed by atoms with Gasteiger partial charge in [0.15, 0.2) is 0 Å². The Morgan fingerprint density at radius 1 is 0.667 bits per heavy atom. The lowest BCUT2D eigenvalue weighted by Gasteiger charge is -2.07. The van der Waals surface area contributed by atoms with Crippen molar-refractivity contribution < 1.29 is 29.4 Å². The quantitative estimate of drug-likeness (QED) is 0.150. The molecule has 3 aliphatic heterocycles. The third-order valence-electron chi connectivity index (χ3n) is 9.48. The summed E-state index contributed by atoms with van der Waals surface area (Å²) in [6, 6.07) is 19.0. The molecule has 2 aromatic carbocycles. The van der Waals surface area contributed by atoms with E-state index in [1.165, 1.54) is 0 Å². The van der Waals surface area contributed by atoms with Crippen molar-refractivity contribution in [2.75, 3.05) is 0 Å². The molecule has 0 unspecified atom stereocenters. The zero-order valence-electron chi connectivity index (χ0n) is 28.8. The second-order valence-corrected chi connectivity index (χ2v) is 12.7. The number of carboxylic acid groups (broad SMARTS) is 2. The Hall–Kier alpha value is -6.29. The highest BCUT2D eigenvalue weighted by molar-refractivity contribution is 6.25. The topological polar surface area (TPSA) is 161 Å². The van der Waals surface area contributed by atoms with Crippen LogP contribution in [0, 0.1) is 6.92 Å². The van der Waals surface area contributed by atoms with E-state index in [0.29, 0.717) is 45.3 Å². The van der Waals surface area contributed by atoms with Crippen LogP contribution >= 0.6 is 0 Å². The van der Waals surface area contributed by atoms with Crippen molar-refractivity contribution in [1.82, 2.24) is 15.6 Å². The summed E-state index contributed by atoms with van der Waals surface area (Å²) in [6.45, 7) is 7.44. The first-order valence-corrected chi connectivity index (χ1v) is 16.7. The number of aromatic amines is 1. The van der Waals surface area contributed by atoms with E-state index >= 15 is 0 Å². The lowest BCUT2D eigenvalue weighted by molar-refractivity contribution is -0.138. The number of rotatable bonds is 11. The van der Waals surface area contributed by atoms with Crippen molar-refractivity contribution in [1.29, 1.82) is 0 Å². The Morgan fingerprint density at radius 2 is 1.25 bits per heavy atom. The molecule has 0 fully saturated rings. The first kappa shape index (κ1) is 34.6. The fraction of sp³-hybridized carbons (Fsp3) is 0.195. The third-order valence-corrected chi connectivity index (χ3v) is 9.48. The van der Waals surface area contributed by atoms with E-state index in [1.807, 2.05) is 99.7 Å². The van der Waals surface area contributed by atoms with Crippen LogP contribution in [0.2, 0.25) is 0 Å². The van der Waals surface area contributed by atoms with Crippen molar-refractivity contribution in [2.45, 2.75) is 53.4 Å². The van der Waals surface area contributed by atoms with Crippen LogP contribution < -0.4 is 10.6 Å². The number of carboxylic acids is 2. The molecule has 1 aromatic heterocycles. The third kappa shape index (κ3) is 7.07. The monoisotopic (exact) mass is 682 g/mol. The molecule has 0 bridgehead atoms. The number of aliphatic imine (C=N–C) groups is 1. The Morgan fingerprint density at radius 3 is 1.88 bits per heavy atom. The molecule has 51 heavy (non-hydrogen) atoms. The van der Waals surface area contributed by atoms with E-state index in [-0.39, 0.29) is 37.5 Å². The van der Waals surface area contributed by atoms with Crippen molar-refractivity contribution in [3.05, 3.63) is 140 Å². The highest BCUT2D eigenvalue weighted by Gasteiger charge is 2.29. The summed E-state index contributed by atoms with van der Waals surface area (Å²) < 4.78 is 0. The largest absolute Gasteiger partial charge is 0.481 e. The standard InChI is InChI=1S/C41H38N4O6/c1-22-28(15-17-36(46)47)33(42-30(22)19-32-24(3)39(41(51)44-32)27-13-9-6-10-14-27)21-34-29(16-18-37(48)49)23(2)31(43-34)20-35-38(25(4)40(50)45-35)26-11-7-5-8-12-26/h5-14,19-21,43H,15-18H2,1-4H3,(H,44,51)(H,45,50)(H,46,47)(H,48,49)/b32-19-,33-21+,35-20-. The zero-order chi connectivity index (χ0) is 36.4. The van der Waals surface area contributed by atoms with Crippen LogP contribution in [0.25, 0.3) is 23.3 Å². The summed E-state index contributed by atoms with van der Waals surface area (Å²) in [7, 11) is 0. The number of aromatic nitrogens is 1. The van der Waals surface area contributed by atoms with Crippen LogP contribution in [0.5, 0.6) is 0 Å². The number of benzene rings is 2. The van der Waals surface area contributed by atoms with Gasteiger partial charge in [0, 0.05) is 41.1 Å². The summed E-state index contributed by atoms with van der Waals surface area (Å²) in [6.07, 6.45) is 5.74. The van der Waals surface area contributed by atoms with E-state index in [9.17, 15) is 29.4 Å². The number of nitrogens with zero attached hydrogens (tertiary/aromatic N) is 1. The van der Waals surface area contributed by atoms with Gasteiger partial charge in [-0.25, -0.2) is 4.99 Å². The Bertz CT molecular complexity index is 2210. The number of hydrogen-bond acceptors (Lipinski definition) is 5. The molecule has 4 heterocycles. The van der Waals surface area contributed by atoms with Gasteiger partial charge in [-0.2, -0.15) is 0 Å². The molecule has 258 valence electrons. The van der Waals surface area contributed by atoms with E-state index < -0.39 is 11.9 Å². The van der Waals surface area contributed by atoms with Gasteiger partial charge in [-0.1, -0.05) is 60.7 Å². The van der Waals surface area contributed by atoms with E-state index in [1.54, 1.807) is 6.92 Å². The molecule has 0 aliphatic carbocycles. The van der Waals surface area contributed by atoms with Crippen LogP contribution in [0.3, 0.4) is 0 Å². The molecular formula is C41H38N4O6. The Labute approximate surface area is 295 Å². The normalized spacial score (nSPS) is 18.4. The van der Waals surface area contributed by atoms with Gasteiger partial charge in [-0.3, -0.25) is 19.2 Å². The number of aliphatic carboxylic acids is 2. The molecule has 5 N–H and O–H groups in total. The van der Waals surface area contributed by atoms with Gasteiger partial charge in [-0.15, -0.1) is 0 Å². The van der Waals surface area contributed by atoms with E-state index in [0.717, 1.165) is 44.5 Å². The van der Waals surface area contributed by atoms with Gasteiger partial charge in [0.1, 0.15) is 0 Å². The molecule has 0 radical (unpaired) electrons. The molecule has 3 aliphatic rings. The minimum Gasteiger partial charge on any atom is -0.481 e. The Balaban J connectivity index is 1.44. The maximum Gasteiger partial charge on any atom is 0.303 e. The van der Waals surface area contributed by atoms with Gasteiger partial charge in [0.25, 0.3) is 11.8 Å². The SMILES string of the molecule is CC1=C(CCC(=O)O)/C(=C\c2[nH]c(/C=C3\NC(=O)C(C)=C3c3ccccc3)c(C)c2CCC(=O)O)N=C1/C=C1\NC(=O)C(c2ccccc2)=C1C. The highest BCUT2D eigenvalue weighted by Crippen LogP contribution is 2.36. The number of hydrogen-bond donors (Lipinski definition) is 5. The second-order valence-electron chi connectivity index (χ2n) is 12.7. The van der Waals surface area contributed by atoms with Gasteiger partial charge < -0.3 is 25.8 Å². The van der Waals surface area contributed by atoms with Crippen molar-refractivity contribution in [3.63, 3.8) is 0 Å². The van der Waals surface area contributed by atoms with Crippen molar-refractivity contribution in [2.24, 2.45) is 4.99 Å².